The molecule has 1 N–H and O–H groups in total. The fourth-order valence-corrected chi connectivity index (χ4v) is 5.27. The van der Waals surface area contributed by atoms with Crippen molar-refractivity contribution in [2.45, 2.75) is 25.3 Å². The monoisotopic (exact) mass is 578 g/mol. The summed E-state index contributed by atoms with van der Waals surface area (Å²) in [5.74, 6) is -3.20. The first-order chi connectivity index (χ1) is 20.4. The molecule has 0 radical (unpaired) electrons. The number of piperidine rings is 1. The number of aromatic nitrogens is 6. The highest BCUT2D eigenvalue weighted by atomic mass is 19.1. The van der Waals surface area contributed by atoms with Gasteiger partial charge in [0.1, 0.15) is 11.5 Å². The minimum absolute atomic E-state index is 0.125. The molecule has 1 amide bonds. The molecular formula is C29H26F4N8O. The van der Waals surface area contributed by atoms with E-state index in [-0.39, 0.29) is 29.9 Å². The van der Waals surface area contributed by atoms with Gasteiger partial charge in [-0.2, -0.15) is 18.9 Å². The zero-order valence-electron chi connectivity index (χ0n) is 22.4. The van der Waals surface area contributed by atoms with E-state index in [1.54, 1.807) is 30.6 Å². The fraction of sp³-hybridized carbons (Fsp3) is 0.276. The molecule has 1 fully saturated rings. The van der Waals surface area contributed by atoms with Crippen LogP contribution in [0, 0.1) is 17.7 Å². The van der Waals surface area contributed by atoms with Crippen LogP contribution in [0.4, 0.5) is 23.4 Å². The van der Waals surface area contributed by atoms with Gasteiger partial charge >= 0.3 is 0 Å². The van der Waals surface area contributed by atoms with Crippen molar-refractivity contribution in [3.8, 4) is 22.6 Å². The van der Waals surface area contributed by atoms with Crippen LogP contribution < -0.4 is 5.32 Å². The molecule has 0 saturated carbocycles. The molecule has 4 aromatic heterocycles. The second-order valence-electron chi connectivity index (χ2n) is 10.1. The third kappa shape index (κ3) is 5.73. The van der Waals surface area contributed by atoms with Crippen LogP contribution in [0.15, 0.2) is 61.1 Å². The third-order valence-corrected chi connectivity index (χ3v) is 7.30. The Morgan fingerprint density at radius 3 is 2.43 bits per heavy atom. The number of hydrogen-bond donors (Lipinski definition) is 1. The maximum Gasteiger partial charge on any atom is 0.257 e. The second kappa shape index (κ2) is 11.7. The van der Waals surface area contributed by atoms with Crippen LogP contribution >= 0.6 is 0 Å². The molecule has 13 heteroatoms. The van der Waals surface area contributed by atoms with Crippen LogP contribution in [-0.4, -0.2) is 66.2 Å². The fourth-order valence-electron chi connectivity index (χ4n) is 5.27. The van der Waals surface area contributed by atoms with Crippen molar-refractivity contribution in [1.82, 2.24) is 34.0 Å². The van der Waals surface area contributed by atoms with Gasteiger partial charge in [0.05, 0.1) is 30.6 Å². The Balaban J connectivity index is 1.33. The average molecular weight is 579 g/mol. The van der Waals surface area contributed by atoms with E-state index in [2.05, 4.69) is 24.8 Å². The Labute approximate surface area is 237 Å². The number of carbonyl (C=O) groups is 1. The van der Waals surface area contributed by atoms with E-state index in [1.165, 1.54) is 22.8 Å². The molecule has 0 unspecified atom stereocenters. The highest BCUT2D eigenvalue weighted by Crippen LogP contribution is 2.35. The Morgan fingerprint density at radius 2 is 1.71 bits per heavy atom. The predicted molar refractivity (Wildman–Crippen MR) is 147 cm³/mol. The predicted octanol–water partition coefficient (Wildman–Crippen LogP) is 5.32. The first kappa shape index (κ1) is 27.5. The smallest absolute Gasteiger partial charge is 0.257 e. The van der Waals surface area contributed by atoms with Gasteiger partial charge in [-0.25, -0.2) is 18.9 Å². The zero-order valence-corrected chi connectivity index (χ0v) is 22.4. The lowest BCUT2D eigenvalue weighted by Gasteiger charge is -2.33. The standard InChI is InChI=1S/C29H26F4N8O/c30-10-1-11-39-12-8-21(9-13-39)40-17-34-27(18-2-4-20(31)5-3-18)28(40)22-6-7-26-36-25(16-41(26)38-22)37-29(42)19-14-23(32)35-24(33)15-19/h2-7,14-17,21H,1,8-13H2,(H,37,42). The molecule has 5 aromatic rings. The lowest BCUT2D eigenvalue weighted by atomic mass is 10.0. The molecule has 0 aliphatic carbocycles. The van der Waals surface area contributed by atoms with Gasteiger partial charge in [-0.15, -0.1) is 0 Å². The van der Waals surface area contributed by atoms with Gasteiger partial charge in [-0.1, -0.05) is 0 Å². The Hall–Kier alpha value is -4.65. The maximum atomic E-state index is 13.7. The van der Waals surface area contributed by atoms with Crippen molar-refractivity contribution in [2.24, 2.45) is 0 Å². The molecule has 5 heterocycles. The summed E-state index contributed by atoms with van der Waals surface area (Å²) in [5, 5.41) is 7.27. The first-order valence-corrected chi connectivity index (χ1v) is 13.5. The number of carbonyl (C=O) groups excluding carboxylic acids is 1. The summed E-state index contributed by atoms with van der Waals surface area (Å²) >= 11 is 0. The van der Waals surface area contributed by atoms with E-state index >= 15 is 0 Å². The molecule has 1 aliphatic heterocycles. The number of likely N-dealkylation sites (tertiary alicyclic amines) is 1. The molecule has 6 rings (SSSR count). The first-order valence-electron chi connectivity index (χ1n) is 13.5. The van der Waals surface area contributed by atoms with E-state index in [1.807, 2.05) is 0 Å². The van der Waals surface area contributed by atoms with E-state index in [0.717, 1.165) is 55.9 Å². The number of fused-ring (bicyclic) bond motifs is 1. The third-order valence-electron chi connectivity index (χ3n) is 7.30. The van der Waals surface area contributed by atoms with Crippen molar-refractivity contribution < 1.29 is 22.4 Å². The molecule has 1 saturated heterocycles. The lowest BCUT2D eigenvalue weighted by Crippen LogP contribution is -2.35. The Kier molecular flexibility index (Phi) is 7.66. The number of hydrogen-bond acceptors (Lipinski definition) is 6. The number of nitrogens with one attached hydrogen (secondary N) is 1. The molecule has 216 valence electrons. The number of pyridine rings is 1. The van der Waals surface area contributed by atoms with Crippen molar-refractivity contribution in [3.63, 3.8) is 0 Å². The van der Waals surface area contributed by atoms with Crippen molar-refractivity contribution >= 4 is 17.4 Å². The van der Waals surface area contributed by atoms with Crippen LogP contribution in [0.25, 0.3) is 28.3 Å². The van der Waals surface area contributed by atoms with Crippen molar-refractivity contribution in [1.29, 1.82) is 0 Å². The highest BCUT2D eigenvalue weighted by molar-refractivity contribution is 6.03. The number of alkyl halides is 1. The van der Waals surface area contributed by atoms with E-state index < -0.39 is 17.8 Å². The minimum Gasteiger partial charge on any atom is -0.326 e. The van der Waals surface area contributed by atoms with Crippen LogP contribution in [0.3, 0.4) is 0 Å². The van der Waals surface area contributed by atoms with Crippen LogP contribution in [0.1, 0.15) is 35.7 Å². The minimum atomic E-state index is -1.11. The number of imidazole rings is 2. The van der Waals surface area contributed by atoms with Gasteiger partial charge in [-0.3, -0.25) is 9.18 Å². The summed E-state index contributed by atoms with van der Waals surface area (Å²) in [6.45, 7) is 2.05. The SMILES string of the molecule is O=C(Nc1cn2nc(-c3c(-c4ccc(F)cc4)ncn3C3CCN(CCCF)CC3)ccc2n1)c1cc(F)nc(F)c1. The largest absolute Gasteiger partial charge is 0.326 e. The summed E-state index contributed by atoms with van der Waals surface area (Å²) < 4.78 is 56.9. The van der Waals surface area contributed by atoms with Crippen LogP contribution in [-0.2, 0) is 0 Å². The van der Waals surface area contributed by atoms with E-state index in [4.69, 9.17) is 10.1 Å². The van der Waals surface area contributed by atoms with Gasteiger partial charge in [0.2, 0.25) is 11.9 Å². The van der Waals surface area contributed by atoms with Crippen LogP contribution in [0.5, 0.6) is 0 Å². The number of rotatable bonds is 8. The highest BCUT2D eigenvalue weighted by Gasteiger charge is 2.26. The summed E-state index contributed by atoms with van der Waals surface area (Å²) in [5.41, 5.74) is 2.87. The Bertz CT molecular complexity index is 1710. The second-order valence-corrected chi connectivity index (χ2v) is 10.1. The summed E-state index contributed by atoms with van der Waals surface area (Å²) in [6.07, 6.45) is 5.47. The number of nitrogens with zero attached hydrogens (tertiary/aromatic N) is 7. The van der Waals surface area contributed by atoms with Gasteiger partial charge in [0, 0.05) is 48.9 Å². The number of amides is 1. The molecule has 42 heavy (non-hydrogen) atoms. The Morgan fingerprint density at radius 1 is 0.976 bits per heavy atom. The summed E-state index contributed by atoms with van der Waals surface area (Å²) in [4.78, 5) is 26.9. The van der Waals surface area contributed by atoms with E-state index in [0.29, 0.717) is 23.5 Å². The van der Waals surface area contributed by atoms with Gasteiger partial charge in [-0.05, 0) is 55.7 Å². The average Bonchev–Trinajstić information content (AvgIpc) is 3.60. The molecule has 1 aliphatic rings. The molecule has 9 nitrogen and oxygen atoms in total. The molecule has 0 spiro atoms. The molecule has 0 bridgehead atoms. The van der Waals surface area contributed by atoms with Crippen LogP contribution in [0.2, 0.25) is 0 Å². The molecule has 1 aromatic carbocycles. The van der Waals surface area contributed by atoms with Gasteiger partial charge in [0.25, 0.3) is 5.91 Å². The van der Waals surface area contributed by atoms with Gasteiger partial charge < -0.3 is 14.8 Å². The molecule has 0 atom stereocenters. The quantitative estimate of drug-likeness (QED) is 0.198. The number of benzene rings is 1. The van der Waals surface area contributed by atoms with Crippen molar-refractivity contribution in [3.05, 3.63) is 84.3 Å². The number of anilines is 1. The molecular weight excluding hydrogens is 552 g/mol. The summed E-state index contributed by atoms with van der Waals surface area (Å²) in [6, 6.07) is 11.4. The van der Waals surface area contributed by atoms with Gasteiger partial charge in [0.15, 0.2) is 11.5 Å². The lowest BCUT2D eigenvalue weighted by molar-refractivity contribution is 0.102. The van der Waals surface area contributed by atoms with E-state index in [9.17, 15) is 22.4 Å². The summed E-state index contributed by atoms with van der Waals surface area (Å²) in [7, 11) is 0. The zero-order chi connectivity index (χ0) is 29.2. The topological polar surface area (TPSA) is 93.2 Å². The normalized spacial score (nSPS) is 14.5. The number of halogens is 4. The maximum absolute atomic E-state index is 13.7. The van der Waals surface area contributed by atoms with Crippen molar-refractivity contribution in [2.75, 3.05) is 31.6 Å².